The van der Waals surface area contributed by atoms with Gasteiger partial charge in [0.1, 0.15) is 5.41 Å². The van der Waals surface area contributed by atoms with Crippen molar-refractivity contribution >= 4 is 11.8 Å². The lowest BCUT2D eigenvalue weighted by atomic mass is 9.90. The molecule has 0 aliphatic heterocycles. The van der Waals surface area contributed by atoms with Crippen LogP contribution in [-0.2, 0) is 14.3 Å². The van der Waals surface area contributed by atoms with Crippen LogP contribution in [0.5, 0.6) is 0 Å². The Balaban J connectivity index is 3.01. The van der Waals surface area contributed by atoms with Gasteiger partial charge in [-0.2, -0.15) is 0 Å². The van der Waals surface area contributed by atoms with Crippen LogP contribution in [0.3, 0.4) is 0 Å². The van der Waals surface area contributed by atoms with Crippen LogP contribution in [0.2, 0.25) is 0 Å². The first-order chi connectivity index (χ1) is 6.99. The molecule has 15 heavy (non-hydrogen) atoms. The zero-order chi connectivity index (χ0) is 11.5. The molecule has 3 heteroatoms. The van der Waals surface area contributed by atoms with E-state index in [2.05, 4.69) is 0 Å². The van der Waals surface area contributed by atoms with Crippen molar-refractivity contribution in [2.45, 2.75) is 13.8 Å². The lowest BCUT2D eigenvalue weighted by molar-refractivity contribution is -0.146. The Kier molecular flexibility index (Phi) is 3.24. The van der Waals surface area contributed by atoms with Crippen molar-refractivity contribution in [2.75, 3.05) is 7.11 Å². The summed E-state index contributed by atoms with van der Waals surface area (Å²) in [6.07, 6.45) is 8.43. The summed E-state index contributed by atoms with van der Waals surface area (Å²) in [5, 5.41) is 0. The second kappa shape index (κ2) is 4.26. The van der Waals surface area contributed by atoms with E-state index in [1.54, 1.807) is 37.3 Å². The molecule has 0 heterocycles. The number of ether oxygens (including phenoxy) is 1. The van der Waals surface area contributed by atoms with Crippen molar-refractivity contribution in [1.29, 1.82) is 0 Å². The molecular formula is C12H14O3. The van der Waals surface area contributed by atoms with Crippen LogP contribution in [0.15, 0.2) is 36.0 Å². The van der Waals surface area contributed by atoms with Gasteiger partial charge in [0.05, 0.1) is 7.11 Å². The predicted molar refractivity (Wildman–Crippen MR) is 57.2 cm³/mol. The van der Waals surface area contributed by atoms with Gasteiger partial charge in [0.15, 0.2) is 5.78 Å². The third kappa shape index (κ3) is 2.43. The smallest absolute Gasteiger partial charge is 0.319 e. The average molecular weight is 206 g/mol. The van der Waals surface area contributed by atoms with E-state index in [-0.39, 0.29) is 11.8 Å². The van der Waals surface area contributed by atoms with Crippen LogP contribution in [-0.4, -0.2) is 18.9 Å². The van der Waals surface area contributed by atoms with Gasteiger partial charge in [-0.15, -0.1) is 0 Å². The van der Waals surface area contributed by atoms with Crippen LogP contribution in [0.1, 0.15) is 13.8 Å². The van der Waals surface area contributed by atoms with Crippen LogP contribution >= 0.6 is 0 Å². The monoisotopic (exact) mass is 206 g/mol. The lowest BCUT2D eigenvalue weighted by Crippen LogP contribution is -2.24. The first-order valence-corrected chi connectivity index (χ1v) is 4.68. The number of ketones is 1. The molecule has 1 aliphatic carbocycles. The molecule has 0 N–H and O–H groups in total. The summed E-state index contributed by atoms with van der Waals surface area (Å²) >= 11 is 0. The first-order valence-electron chi connectivity index (χ1n) is 4.68. The van der Waals surface area contributed by atoms with E-state index in [9.17, 15) is 9.59 Å². The number of Topliss-reactive ketones (excluding diaryl/α,β-unsaturated/α-hetero) is 1. The molecule has 0 saturated carbocycles. The standard InChI is InChI=1S/C12H14O3/c1-9(13)10-5-4-7-12(2,8-6-10)11(14)15-3/h4-8H,1-3H3. The Morgan fingerprint density at radius 2 is 2.00 bits per heavy atom. The number of rotatable bonds is 2. The van der Waals surface area contributed by atoms with Crippen molar-refractivity contribution < 1.29 is 14.3 Å². The van der Waals surface area contributed by atoms with Gasteiger partial charge in [-0.1, -0.05) is 30.4 Å². The highest BCUT2D eigenvalue weighted by Gasteiger charge is 2.29. The molecule has 1 rings (SSSR count). The third-order valence-electron chi connectivity index (χ3n) is 2.36. The number of allylic oxidation sites excluding steroid dienone is 4. The summed E-state index contributed by atoms with van der Waals surface area (Å²) in [6.45, 7) is 3.23. The fourth-order valence-corrected chi connectivity index (χ4v) is 1.32. The summed E-state index contributed by atoms with van der Waals surface area (Å²) in [5.74, 6) is -0.363. The van der Waals surface area contributed by atoms with E-state index in [0.717, 1.165) is 0 Å². The fraction of sp³-hybridized carbons (Fsp3) is 0.333. The minimum atomic E-state index is -0.789. The second-order valence-corrected chi connectivity index (χ2v) is 3.64. The minimum absolute atomic E-state index is 0.0231. The maximum absolute atomic E-state index is 11.5. The predicted octanol–water partition coefficient (Wildman–Crippen LogP) is 1.81. The van der Waals surface area contributed by atoms with Gasteiger partial charge in [0.25, 0.3) is 0 Å². The van der Waals surface area contributed by atoms with E-state index >= 15 is 0 Å². The molecule has 0 aromatic rings. The highest BCUT2D eigenvalue weighted by Crippen LogP contribution is 2.25. The molecule has 1 aliphatic rings. The van der Waals surface area contributed by atoms with E-state index < -0.39 is 5.41 Å². The lowest BCUT2D eigenvalue weighted by Gasteiger charge is -2.17. The van der Waals surface area contributed by atoms with Gasteiger partial charge in [-0.25, -0.2) is 0 Å². The van der Waals surface area contributed by atoms with E-state index in [4.69, 9.17) is 4.74 Å². The van der Waals surface area contributed by atoms with Gasteiger partial charge < -0.3 is 4.74 Å². The quantitative estimate of drug-likeness (QED) is 0.647. The molecule has 0 bridgehead atoms. The normalized spacial score (nSPS) is 24.3. The van der Waals surface area contributed by atoms with Gasteiger partial charge in [0.2, 0.25) is 0 Å². The maximum Gasteiger partial charge on any atom is 0.319 e. The molecule has 1 unspecified atom stereocenters. The van der Waals surface area contributed by atoms with Gasteiger partial charge in [-0.05, 0) is 13.8 Å². The molecule has 0 spiro atoms. The number of carbonyl (C=O) groups excluding carboxylic acids is 2. The highest BCUT2D eigenvalue weighted by molar-refractivity contribution is 5.97. The first kappa shape index (κ1) is 11.4. The molecule has 3 nitrogen and oxygen atoms in total. The van der Waals surface area contributed by atoms with Crippen molar-refractivity contribution in [1.82, 2.24) is 0 Å². The Hall–Kier alpha value is -1.64. The zero-order valence-electron chi connectivity index (χ0n) is 9.11. The fourth-order valence-electron chi connectivity index (χ4n) is 1.32. The van der Waals surface area contributed by atoms with Crippen LogP contribution < -0.4 is 0 Å². The number of carbonyl (C=O) groups is 2. The number of esters is 1. The molecule has 0 aromatic carbocycles. The third-order valence-corrected chi connectivity index (χ3v) is 2.36. The van der Waals surface area contributed by atoms with Crippen molar-refractivity contribution in [3.63, 3.8) is 0 Å². The highest BCUT2D eigenvalue weighted by atomic mass is 16.5. The molecule has 1 atom stereocenters. The topological polar surface area (TPSA) is 43.4 Å². The molecule has 0 aromatic heterocycles. The molecule has 0 amide bonds. The zero-order valence-corrected chi connectivity index (χ0v) is 9.11. The summed E-state index contributed by atoms with van der Waals surface area (Å²) in [4.78, 5) is 22.6. The largest absolute Gasteiger partial charge is 0.468 e. The summed E-state index contributed by atoms with van der Waals surface area (Å²) in [7, 11) is 1.35. The number of hydrogen-bond donors (Lipinski definition) is 0. The van der Waals surface area contributed by atoms with Gasteiger partial charge in [-0.3, -0.25) is 9.59 Å². The van der Waals surface area contributed by atoms with Crippen LogP contribution in [0.4, 0.5) is 0 Å². The van der Waals surface area contributed by atoms with Crippen molar-refractivity contribution in [2.24, 2.45) is 5.41 Å². The summed E-state index contributed by atoms with van der Waals surface area (Å²) in [6, 6.07) is 0. The second-order valence-electron chi connectivity index (χ2n) is 3.64. The van der Waals surface area contributed by atoms with Crippen molar-refractivity contribution in [3.05, 3.63) is 36.0 Å². The molecule has 0 saturated heterocycles. The number of methoxy groups -OCH3 is 1. The molecule has 0 fully saturated rings. The van der Waals surface area contributed by atoms with E-state index in [0.29, 0.717) is 5.57 Å². The molecule has 0 radical (unpaired) electrons. The van der Waals surface area contributed by atoms with E-state index in [1.807, 2.05) is 0 Å². The Bertz CT molecular complexity index is 374. The Morgan fingerprint density at radius 1 is 1.33 bits per heavy atom. The Labute approximate surface area is 89.1 Å². The van der Waals surface area contributed by atoms with Gasteiger partial charge >= 0.3 is 5.97 Å². The van der Waals surface area contributed by atoms with Crippen LogP contribution in [0, 0.1) is 5.41 Å². The Morgan fingerprint density at radius 3 is 2.53 bits per heavy atom. The van der Waals surface area contributed by atoms with Gasteiger partial charge in [0, 0.05) is 5.57 Å². The van der Waals surface area contributed by atoms with Crippen molar-refractivity contribution in [3.8, 4) is 0 Å². The maximum atomic E-state index is 11.5. The SMILES string of the molecule is COC(=O)C1(C)C=CC=C(C(C)=O)C=C1. The molecule has 80 valence electrons. The molecular weight excluding hydrogens is 192 g/mol. The number of hydrogen-bond acceptors (Lipinski definition) is 3. The van der Waals surface area contributed by atoms with E-state index in [1.165, 1.54) is 14.0 Å². The summed E-state index contributed by atoms with van der Waals surface area (Å²) in [5.41, 5.74) is -0.207. The van der Waals surface area contributed by atoms with Crippen LogP contribution in [0.25, 0.3) is 0 Å². The minimum Gasteiger partial charge on any atom is -0.468 e. The average Bonchev–Trinajstić information content (AvgIpc) is 2.40. The summed E-state index contributed by atoms with van der Waals surface area (Å²) < 4.78 is 4.69.